The Morgan fingerprint density at radius 2 is 1.88 bits per heavy atom. The van der Waals surface area contributed by atoms with Crippen molar-refractivity contribution in [3.05, 3.63) is 53.1 Å². The van der Waals surface area contributed by atoms with Crippen LogP contribution in [0, 0.1) is 6.92 Å². The highest BCUT2D eigenvalue weighted by Crippen LogP contribution is 2.38. The van der Waals surface area contributed by atoms with E-state index in [1.54, 1.807) is 0 Å². The quantitative estimate of drug-likeness (QED) is 0.590. The molecule has 3 rings (SSSR count). The third-order valence-electron chi connectivity index (χ3n) is 3.57. The highest BCUT2D eigenvalue weighted by molar-refractivity contribution is 5.98. The molecule has 0 aliphatic heterocycles. The summed E-state index contributed by atoms with van der Waals surface area (Å²) in [5, 5.41) is 2.84. The van der Waals surface area contributed by atoms with Crippen molar-refractivity contribution >= 4 is 16.3 Å². The number of hydrogen-bond acceptors (Lipinski definition) is 0. The molecule has 0 N–H and O–H groups in total. The molecule has 2 aromatic carbocycles. The van der Waals surface area contributed by atoms with Gasteiger partial charge in [0.2, 0.25) is 0 Å². The molecule has 0 radical (unpaired) electrons. The van der Waals surface area contributed by atoms with Crippen LogP contribution in [-0.2, 0) is 0 Å². The topological polar surface area (TPSA) is 0 Å². The lowest BCUT2D eigenvalue weighted by Gasteiger charge is -2.21. The molecule has 1 unspecified atom stereocenters. The highest BCUT2D eigenvalue weighted by Gasteiger charge is 2.17. The van der Waals surface area contributed by atoms with Crippen LogP contribution in [0.3, 0.4) is 0 Å². The van der Waals surface area contributed by atoms with Crippen molar-refractivity contribution in [2.45, 2.75) is 26.7 Å². The summed E-state index contributed by atoms with van der Waals surface area (Å²) in [5.41, 5.74) is 5.66. The van der Waals surface area contributed by atoms with Crippen LogP contribution in [0.4, 0.5) is 0 Å². The van der Waals surface area contributed by atoms with Crippen LogP contribution in [0.25, 0.3) is 16.3 Å². The van der Waals surface area contributed by atoms with E-state index in [9.17, 15) is 0 Å². The van der Waals surface area contributed by atoms with Crippen molar-refractivity contribution < 1.29 is 0 Å². The monoisotopic (exact) mass is 208 g/mol. The second kappa shape index (κ2) is 3.21. The first-order chi connectivity index (χ1) is 7.66. The van der Waals surface area contributed by atoms with Crippen molar-refractivity contribution in [1.29, 1.82) is 0 Å². The highest BCUT2D eigenvalue weighted by atomic mass is 14.2. The molecule has 2 aromatic rings. The SMILES string of the molecule is CC1=CC(C)c2cccc3cc(C)cc1c23. The fourth-order valence-electron chi connectivity index (χ4n) is 2.85. The molecule has 0 amide bonds. The maximum Gasteiger partial charge on any atom is 0.000186 e. The number of benzene rings is 2. The third-order valence-corrected chi connectivity index (χ3v) is 3.57. The largest absolute Gasteiger partial charge is 0.0737 e. The zero-order valence-electron chi connectivity index (χ0n) is 10.0. The molecule has 0 heterocycles. The Hall–Kier alpha value is -1.56. The molecule has 0 heteroatoms. The van der Waals surface area contributed by atoms with Gasteiger partial charge in [0.25, 0.3) is 0 Å². The van der Waals surface area contributed by atoms with E-state index < -0.39 is 0 Å². The van der Waals surface area contributed by atoms with Gasteiger partial charge < -0.3 is 0 Å². The van der Waals surface area contributed by atoms with E-state index in [2.05, 4.69) is 57.2 Å². The van der Waals surface area contributed by atoms with Crippen LogP contribution in [0.2, 0.25) is 0 Å². The summed E-state index contributed by atoms with van der Waals surface area (Å²) in [5.74, 6) is 0.541. The van der Waals surface area contributed by atoms with E-state index in [1.807, 2.05) is 0 Å². The smallest absolute Gasteiger partial charge is 0.000186 e. The summed E-state index contributed by atoms with van der Waals surface area (Å²) in [4.78, 5) is 0. The number of allylic oxidation sites excluding steroid dienone is 2. The summed E-state index contributed by atoms with van der Waals surface area (Å²) >= 11 is 0. The lowest BCUT2D eigenvalue weighted by Crippen LogP contribution is -2.01. The van der Waals surface area contributed by atoms with Crippen molar-refractivity contribution in [3.63, 3.8) is 0 Å². The average Bonchev–Trinajstić information content (AvgIpc) is 2.25. The maximum atomic E-state index is 2.37. The van der Waals surface area contributed by atoms with E-state index >= 15 is 0 Å². The van der Waals surface area contributed by atoms with Gasteiger partial charge >= 0.3 is 0 Å². The lowest BCUT2D eigenvalue weighted by molar-refractivity contribution is 0.972. The van der Waals surface area contributed by atoms with Crippen LogP contribution in [0.15, 0.2) is 36.4 Å². The fraction of sp³-hybridized carbons (Fsp3) is 0.250. The van der Waals surface area contributed by atoms with Crippen LogP contribution in [-0.4, -0.2) is 0 Å². The van der Waals surface area contributed by atoms with Gasteiger partial charge in [0.1, 0.15) is 0 Å². The van der Waals surface area contributed by atoms with Crippen molar-refractivity contribution in [2.75, 3.05) is 0 Å². The van der Waals surface area contributed by atoms with Gasteiger partial charge in [-0.25, -0.2) is 0 Å². The molecule has 16 heavy (non-hydrogen) atoms. The van der Waals surface area contributed by atoms with Gasteiger partial charge in [-0.15, -0.1) is 0 Å². The summed E-state index contributed by atoms with van der Waals surface area (Å²) in [6, 6.07) is 11.2. The van der Waals surface area contributed by atoms with E-state index in [-0.39, 0.29) is 0 Å². The molecule has 0 fully saturated rings. The molecule has 0 aromatic heterocycles. The van der Waals surface area contributed by atoms with E-state index in [4.69, 9.17) is 0 Å². The normalized spacial score (nSPS) is 18.7. The number of aryl methyl sites for hydroxylation is 1. The van der Waals surface area contributed by atoms with Crippen LogP contribution >= 0.6 is 0 Å². The van der Waals surface area contributed by atoms with Crippen molar-refractivity contribution in [2.24, 2.45) is 0 Å². The summed E-state index contributed by atoms with van der Waals surface area (Å²) < 4.78 is 0. The Labute approximate surface area is 96.6 Å². The standard InChI is InChI=1S/C16H16/c1-10-7-13-5-4-6-14-11(2)9-12(3)15(8-10)16(13)14/h4-9,11H,1-3H3. The van der Waals surface area contributed by atoms with Gasteiger partial charge in [0.05, 0.1) is 0 Å². The van der Waals surface area contributed by atoms with Gasteiger partial charge in [-0.3, -0.25) is 0 Å². The molecule has 1 atom stereocenters. The first-order valence-corrected chi connectivity index (χ1v) is 5.89. The number of rotatable bonds is 0. The molecule has 1 aliphatic carbocycles. The van der Waals surface area contributed by atoms with Crippen LogP contribution in [0.1, 0.15) is 36.5 Å². The minimum Gasteiger partial charge on any atom is -0.0737 e. The minimum absolute atomic E-state index is 0.541. The maximum absolute atomic E-state index is 2.37. The second-order valence-corrected chi connectivity index (χ2v) is 4.90. The molecule has 0 bridgehead atoms. The molecule has 1 aliphatic rings. The molecule has 0 spiro atoms. The lowest BCUT2D eigenvalue weighted by atomic mass is 9.83. The van der Waals surface area contributed by atoms with Gasteiger partial charge in [0, 0.05) is 5.92 Å². The summed E-state index contributed by atoms with van der Waals surface area (Å²) in [6.07, 6.45) is 2.37. The van der Waals surface area contributed by atoms with Gasteiger partial charge in [0.15, 0.2) is 0 Å². The fourth-order valence-corrected chi connectivity index (χ4v) is 2.85. The van der Waals surface area contributed by atoms with Gasteiger partial charge in [-0.2, -0.15) is 0 Å². The van der Waals surface area contributed by atoms with Crippen LogP contribution < -0.4 is 0 Å². The first kappa shape index (κ1) is 9.65. The van der Waals surface area contributed by atoms with Gasteiger partial charge in [-0.05, 0) is 46.9 Å². The van der Waals surface area contributed by atoms with Crippen molar-refractivity contribution in [3.8, 4) is 0 Å². The molecular weight excluding hydrogens is 192 g/mol. The average molecular weight is 208 g/mol. The molecular formula is C16H16. The molecule has 0 nitrogen and oxygen atoms in total. The summed E-state index contributed by atoms with van der Waals surface area (Å²) in [6.45, 7) is 6.68. The Bertz CT molecular complexity index is 603. The van der Waals surface area contributed by atoms with E-state index in [1.165, 1.54) is 33.0 Å². The Kier molecular flexibility index (Phi) is 1.94. The molecule has 0 saturated heterocycles. The number of hydrogen-bond donors (Lipinski definition) is 0. The molecule has 80 valence electrons. The second-order valence-electron chi connectivity index (χ2n) is 4.90. The van der Waals surface area contributed by atoms with E-state index in [0.717, 1.165) is 0 Å². The van der Waals surface area contributed by atoms with E-state index in [0.29, 0.717) is 5.92 Å². The minimum atomic E-state index is 0.541. The van der Waals surface area contributed by atoms with Gasteiger partial charge in [-0.1, -0.05) is 43.3 Å². The van der Waals surface area contributed by atoms with Crippen LogP contribution in [0.5, 0.6) is 0 Å². The predicted molar refractivity (Wildman–Crippen MR) is 70.8 cm³/mol. The predicted octanol–water partition coefficient (Wildman–Crippen LogP) is 4.67. The zero-order valence-corrected chi connectivity index (χ0v) is 10.0. The van der Waals surface area contributed by atoms with Crippen molar-refractivity contribution in [1.82, 2.24) is 0 Å². The first-order valence-electron chi connectivity index (χ1n) is 5.89. The third kappa shape index (κ3) is 1.23. The zero-order chi connectivity index (χ0) is 11.3. The Morgan fingerprint density at radius 1 is 1.06 bits per heavy atom. The Balaban J connectivity index is 2.51. The Morgan fingerprint density at radius 3 is 2.69 bits per heavy atom. The summed E-state index contributed by atoms with van der Waals surface area (Å²) in [7, 11) is 0. The molecule has 0 saturated carbocycles.